The molecule has 0 spiro atoms. The Hall–Kier alpha value is -1.50. The van der Waals surface area contributed by atoms with Gasteiger partial charge >= 0.3 is 0 Å². The highest BCUT2D eigenvalue weighted by atomic mass is 19.1. The molecule has 0 radical (unpaired) electrons. The standard InChI is InChI=1S/C16H23FN2O3/c1-22-11-13-4-2-12(3-5-13)7-18-16(21)9-19-8-14(17)6-15(19)10-20/h2-5,14-15,20H,6-11H2,1H3,(H,18,21)/t14-,15-/m0/s1. The van der Waals surface area contributed by atoms with Crippen molar-refractivity contribution in [2.75, 3.05) is 26.8 Å². The molecule has 1 aliphatic rings. The largest absolute Gasteiger partial charge is 0.395 e. The maximum atomic E-state index is 13.3. The number of carbonyl (C=O) groups is 1. The van der Waals surface area contributed by atoms with Gasteiger partial charge in [0.15, 0.2) is 0 Å². The molecule has 122 valence electrons. The van der Waals surface area contributed by atoms with Gasteiger partial charge in [0.25, 0.3) is 0 Å². The predicted molar refractivity (Wildman–Crippen MR) is 81.0 cm³/mol. The Balaban J connectivity index is 1.77. The first-order valence-electron chi connectivity index (χ1n) is 7.44. The first kappa shape index (κ1) is 16.9. The lowest BCUT2D eigenvalue weighted by atomic mass is 10.1. The first-order chi connectivity index (χ1) is 10.6. The molecule has 0 bridgehead atoms. The van der Waals surface area contributed by atoms with Gasteiger partial charge in [-0.3, -0.25) is 9.69 Å². The van der Waals surface area contributed by atoms with Gasteiger partial charge < -0.3 is 15.2 Å². The van der Waals surface area contributed by atoms with Crippen LogP contribution in [0.25, 0.3) is 0 Å². The fraction of sp³-hybridized carbons (Fsp3) is 0.562. The van der Waals surface area contributed by atoms with Crippen molar-refractivity contribution in [1.29, 1.82) is 0 Å². The summed E-state index contributed by atoms with van der Waals surface area (Å²) in [4.78, 5) is 13.6. The van der Waals surface area contributed by atoms with Gasteiger partial charge in [0.05, 0.1) is 19.8 Å². The smallest absolute Gasteiger partial charge is 0.234 e. The normalized spacial score (nSPS) is 22.0. The van der Waals surface area contributed by atoms with Gasteiger partial charge in [-0.15, -0.1) is 0 Å². The maximum absolute atomic E-state index is 13.3. The quantitative estimate of drug-likeness (QED) is 0.784. The summed E-state index contributed by atoms with van der Waals surface area (Å²) in [5.41, 5.74) is 2.08. The Morgan fingerprint density at radius 2 is 2.09 bits per heavy atom. The molecular weight excluding hydrogens is 287 g/mol. The van der Waals surface area contributed by atoms with Gasteiger partial charge in [-0.05, 0) is 17.5 Å². The molecule has 5 nitrogen and oxygen atoms in total. The van der Waals surface area contributed by atoms with E-state index in [9.17, 15) is 14.3 Å². The Bertz CT molecular complexity index is 481. The summed E-state index contributed by atoms with van der Waals surface area (Å²) in [5.74, 6) is -0.159. The molecule has 0 aromatic heterocycles. The van der Waals surface area contributed by atoms with Crippen LogP contribution in [-0.2, 0) is 22.7 Å². The molecule has 6 heteroatoms. The Morgan fingerprint density at radius 3 is 2.73 bits per heavy atom. The number of nitrogens with zero attached hydrogens (tertiary/aromatic N) is 1. The zero-order chi connectivity index (χ0) is 15.9. The molecule has 1 aliphatic heterocycles. The van der Waals surface area contributed by atoms with Crippen molar-refractivity contribution in [2.24, 2.45) is 0 Å². The number of hydrogen-bond donors (Lipinski definition) is 2. The summed E-state index contributed by atoms with van der Waals surface area (Å²) < 4.78 is 18.4. The summed E-state index contributed by atoms with van der Waals surface area (Å²) in [6.45, 7) is 1.21. The molecule has 2 atom stereocenters. The lowest BCUT2D eigenvalue weighted by Crippen LogP contribution is -2.41. The van der Waals surface area contributed by atoms with Crippen LogP contribution in [0.1, 0.15) is 17.5 Å². The minimum Gasteiger partial charge on any atom is -0.395 e. The molecule has 1 heterocycles. The van der Waals surface area contributed by atoms with Crippen molar-refractivity contribution < 1.29 is 19.0 Å². The number of hydrogen-bond acceptors (Lipinski definition) is 4. The Kier molecular flexibility index (Phi) is 6.30. The number of amides is 1. The van der Waals surface area contributed by atoms with E-state index in [2.05, 4.69) is 5.32 Å². The van der Waals surface area contributed by atoms with Gasteiger partial charge in [0.2, 0.25) is 5.91 Å². The lowest BCUT2D eigenvalue weighted by molar-refractivity contribution is -0.122. The number of nitrogens with one attached hydrogen (secondary N) is 1. The summed E-state index contributed by atoms with van der Waals surface area (Å²) in [5, 5.41) is 12.0. The van der Waals surface area contributed by atoms with Crippen molar-refractivity contribution in [3.8, 4) is 0 Å². The van der Waals surface area contributed by atoms with E-state index in [-0.39, 0.29) is 31.6 Å². The molecule has 0 saturated carbocycles. The van der Waals surface area contributed by atoms with Gasteiger partial charge in [-0.25, -0.2) is 4.39 Å². The summed E-state index contributed by atoms with van der Waals surface area (Å²) >= 11 is 0. The number of alkyl halides is 1. The molecule has 1 aromatic carbocycles. The van der Waals surface area contributed by atoms with Crippen LogP contribution in [0.3, 0.4) is 0 Å². The van der Waals surface area contributed by atoms with Crippen molar-refractivity contribution in [1.82, 2.24) is 10.2 Å². The fourth-order valence-corrected chi connectivity index (χ4v) is 2.67. The number of likely N-dealkylation sites (tertiary alicyclic amines) is 1. The van der Waals surface area contributed by atoms with Crippen LogP contribution in [0.4, 0.5) is 4.39 Å². The molecule has 1 aromatic rings. The second-order valence-corrected chi connectivity index (χ2v) is 5.63. The van der Waals surface area contributed by atoms with Crippen LogP contribution in [0, 0.1) is 0 Å². The molecule has 2 N–H and O–H groups in total. The van der Waals surface area contributed by atoms with E-state index in [1.165, 1.54) is 0 Å². The third kappa shape index (κ3) is 4.76. The molecular formula is C16H23FN2O3. The van der Waals surface area contributed by atoms with Crippen LogP contribution in [-0.4, -0.2) is 54.9 Å². The number of benzene rings is 1. The minimum absolute atomic E-state index is 0.116. The number of carbonyl (C=O) groups excluding carboxylic acids is 1. The van der Waals surface area contributed by atoms with E-state index in [4.69, 9.17) is 4.74 Å². The number of halogens is 1. The van der Waals surface area contributed by atoms with Gasteiger partial charge in [0.1, 0.15) is 6.17 Å². The third-order valence-corrected chi connectivity index (χ3v) is 3.86. The first-order valence-corrected chi connectivity index (χ1v) is 7.44. The number of rotatable bonds is 7. The number of methoxy groups -OCH3 is 1. The molecule has 0 unspecified atom stereocenters. The van der Waals surface area contributed by atoms with E-state index in [0.717, 1.165) is 11.1 Å². The van der Waals surface area contributed by atoms with Gasteiger partial charge in [0, 0.05) is 26.2 Å². The molecule has 0 aliphatic carbocycles. The molecule has 1 fully saturated rings. The van der Waals surface area contributed by atoms with Crippen LogP contribution in [0.2, 0.25) is 0 Å². The highest BCUT2D eigenvalue weighted by Gasteiger charge is 2.32. The average molecular weight is 310 g/mol. The van der Waals surface area contributed by atoms with E-state index in [1.54, 1.807) is 12.0 Å². The molecule has 22 heavy (non-hydrogen) atoms. The van der Waals surface area contributed by atoms with Gasteiger partial charge in [-0.2, -0.15) is 0 Å². The van der Waals surface area contributed by atoms with Crippen molar-refractivity contribution in [3.63, 3.8) is 0 Å². The minimum atomic E-state index is -0.960. The van der Waals surface area contributed by atoms with Crippen molar-refractivity contribution >= 4 is 5.91 Å². The summed E-state index contributed by atoms with van der Waals surface area (Å²) in [6, 6.07) is 7.55. The maximum Gasteiger partial charge on any atom is 0.234 e. The van der Waals surface area contributed by atoms with E-state index >= 15 is 0 Å². The fourth-order valence-electron chi connectivity index (χ4n) is 2.67. The topological polar surface area (TPSA) is 61.8 Å². The monoisotopic (exact) mass is 310 g/mol. The SMILES string of the molecule is COCc1ccc(CNC(=O)CN2C[C@@H](F)C[C@H]2CO)cc1. The lowest BCUT2D eigenvalue weighted by Gasteiger charge is -2.21. The highest BCUT2D eigenvalue weighted by molar-refractivity contribution is 5.78. The number of aliphatic hydroxyl groups excluding tert-OH is 1. The Labute approximate surface area is 130 Å². The van der Waals surface area contributed by atoms with Crippen LogP contribution >= 0.6 is 0 Å². The van der Waals surface area contributed by atoms with Gasteiger partial charge in [-0.1, -0.05) is 24.3 Å². The molecule has 1 saturated heterocycles. The second kappa shape index (κ2) is 8.22. The number of ether oxygens (including phenoxy) is 1. The molecule has 1 amide bonds. The third-order valence-electron chi connectivity index (χ3n) is 3.86. The Morgan fingerprint density at radius 1 is 1.41 bits per heavy atom. The molecule has 2 rings (SSSR count). The van der Waals surface area contributed by atoms with Crippen LogP contribution in [0.5, 0.6) is 0 Å². The average Bonchev–Trinajstić information content (AvgIpc) is 2.86. The summed E-state index contributed by atoms with van der Waals surface area (Å²) in [7, 11) is 1.65. The van der Waals surface area contributed by atoms with Crippen LogP contribution in [0.15, 0.2) is 24.3 Å². The zero-order valence-corrected chi connectivity index (χ0v) is 12.8. The second-order valence-electron chi connectivity index (χ2n) is 5.63. The van der Waals surface area contributed by atoms with E-state index in [1.807, 2.05) is 24.3 Å². The van der Waals surface area contributed by atoms with Crippen molar-refractivity contribution in [3.05, 3.63) is 35.4 Å². The van der Waals surface area contributed by atoms with Crippen molar-refractivity contribution in [2.45, 2.75) is 31.8 Å². The zero-order valence-electron chi connectivity index (χ0n) is 12.8. The van der Waals surface area contributed by atoms with Crippen LogP contribution < -0.4 is 5.32 Å². The predicted octanol–water partition coefficient (Wildman–Crippen LogP) is 0.854. The number of aliphatic hydroxyl groups is 1. The van der Waals surface area contributed by atoms with E-state index in [0.29, 0.717) is 19.6 Å². The highest BCUT2D eigenvalue weighted by Crippen LogP contribution is 2.19. The van der Waals surface area contributed by atoms with E-state index < -0.39 is 6.17 Å². The summed E-state index contributed by atoms with van der Waals surface area (Å²) in [6.07, 6.45) is -0.664.